The summed E-state index contributed by atoms with van der Waals surface area (Å²) in [5.74, 6) is 1.22. The van der Waals surface area contributed by atoms with Gasteiger partial charge in [-0.25, -0.2) is 0 Å². The maximum absolute atomic E-state index is 5.23. The molecular formula is C12H16N4O. The molecule has 0 amide bonds. The lowest BCUT2D eigenvalue weighted by atomic mass is 10.2. The fourth-order valence-corrected chi connectivity index (χ4v) is 1.48. The Morgan fingerprint density at radius 3 is 2.82 bits per heavy atom. The molecule has 0 radical (unpaired) electrons. The van der Waals surface area contributed by atoms with Crippen LogP contribution in [0, 0.1) is 0 Å². The van der Waals surface area contributed by atoms with Gasteiger partial charge in [0.2, 0.25) is 11.7 Å². The van der Waals surface area contributed by atoms with E-state index in [1.165, 1.54) is 0 Å². The molecule has 2 heterocycles. The third-order valence-corrected chi connectivity index (χ3v) is 2.45. The van der Waals surface area contributed by atoms with Gasteiger partial charge in [0, 0.05) is 18.0 Å². The second kappa shape index (κ2) is 5.54. The maximum atomic E-state index is 5.23. The van der Waals surface area contributed by atoms with Crippen molar-refractivity contribution < 1.29 is 4.52 Å². The van der Waals surface area contributed by atoms with Crippen LogP contribution in [0.3, 0.4) is 0 Å². The van der Waals surface area contributed by atoms with E-state index in [0.29, 0.717) is 11.7 Å². The van der Waals surface area contributed by atoms with Crippen LogP contribution in [0.4, 0.5) is 0 Å². The van der Waals surface area contributed by atoms with Crippen LogP contribution >= 0.6 is 0 Å². The minimum Gasteiger partial charge on any atom is -0.337 e. The highest BCUT2D eigenvalue weighted by Gasteiger charge is 2.13. The SMILES string of the molecule is CCCNC(C)c1nc(-c2ccncc2)no1. The van der Waals surface area contributed by atoms with E-state index in [2.05, 4.69) is 27.4 Å². The number of pyridine rings is 1. The predicted molar refractivity (Wildman–Crippen MR) is 64.2 cm³/mol. The predicted octanol–water partition coefficient (Wildman–Crippen LogP) is 2.19. The normalized spacial score (nSPS) is 12.6. The van der Waals surface area contributed by atoms with Gasteiger partial charge in [-0.05, 0) is 32.0 Å². The summed E-state index contributed by atoms with van der Waals surface area (Å²) in [4.78, 5) is 8.32. The lowest BCUT2D eigenvalue weighted by Gasteiger charge is -2.06. The quantitative estimate of drug-likeness (QED) is 0.856. The largest absolute Gasteiger partial charge is 0.337 e. The van der Waals surface area contributed by atoms with Crippen molar-refractivity contribution in [1.29, 1.82) is 0 Å². The summed E-state index contributed by atoms with van der Waals surface area (Å²) in [5.41, 5.74) is 0.915. The smallest absolute Gasteiger partial charge is 0.243 e. The van der Waals surface area contributed by atoms with Crippen LogP contribution in [0.2, 0.25) is 0 Å². The first-order valence-electron chi connectivity index (χ1n) is 5.78. The monoisotopic (exact) mass is 232 g/mol. The van der Waals surface area contributed by atoms with Crippen LogP contribution < -0.4 is 5.32 Å². The number of nitrogens with one attached hydrogen (secondary N) is 1. The minimum absolute atomic E-state index is 0.0815. The van der Waals surface area contributed by atoms with Gasteiger partial charge in [0.15, 0.2) is 0 Å². The number of hydrogen-bond acceptors (Lipinski definition) is 5. The van der Waals surface area contributed by atoms with Crippen molar-refractivity contribution in [2.75, 3.05) is 6.54 Å². The van der Waals surface area contributed by atoms with Gasteiger partial charge in [0.25, 0.3) is 0 Å². The third-order valence-electron chi connectivity index (χ3n) is 2.45. The molecule has 0 saturated heterocycles. The summed E-state index contributed by atoms with van der Waals surface area (Å²) in [7, 11) is 0. The molecule has 0 aliphatic rings. The van der Waals surface area contributed by atoms with Crippen molar-refractivity contribution >= 4 is 0 Å². The van der Waals surface area contributed by atoms with Crippen molar-refractivity contribution in [3.05, 3.63) is 30.4 Å². The number of rotatable bonds is 5. The Kier molecular flexibility index (Phi) is 3.82. The van der Waals surface area contributed by atoms with E-state index >= 15 is 0 Å². The standard InChI is InChI=1S/C12H16N4O/c1-3-6-14-9(2)12-15-11(16-17-12)10-4-7-13-8-5-10/h4-5,7-9,14H,3,6H2,1-2H3. The zero-order chi connectivity index (χ0) is 12.1. The fraction of sp³-hybridized carbons (Fsp3) is 0.417. The topological polar surface area (TPSA) is 63.8 Å². The van der Waals surface area contributed by atoms with Crippen LogP contribution in [0.15, 0.2) is 29.0 Å². The maximum Gasteiger partial charge on any atom is 0.243 e. The summed E-state index contributed by atoms with van der Waals surface area (Å²) in [6.07, 6.45) is 4.50. The van der Waals surface area contributed by atoms with Gasteiger partial charge in [0.05, 0.1) is 6.04 Å². The first-order valence-corrected chi connectivity index (χ1v) is 5.78. The van der Waals surface area contributed by atoms with Crippen molar-refractivity contribution in [2.24, 2.45) is 0 Å². The third kappa shape index (κ3) is 2.88. The molecule has 0 spiro atoms. The summed E-state index contributed by atoms with van der Waals surface area (Å²) in [6.45, 7) is 5.07. The van der Waals surface area contributed by atoms with E-state index in [1.807, 2.05) is 19.1 Å². The van der Waals surface area contributed by atoms with Crippen molar-refractivity contribution in [3.63, 3.8) is 0 Å². The van der Waals surface area contributed by atoms with E-state index in [-0.39, 0.29) is 6.04 Å². The van der Waals surface area contributed by atoms with Crippen LogP contribution in [0.5, 0.6) is 0 Å². The van der Waals surface area contributed by atoms with Crippen LogP contribution in [0.1, 0.15) is 32.2 Å². The second-order valence-corrected chi connectivity index (χ2v) is 3.87. The van der Waals surface area contributed by atoms with Crippen LogP contribution in [-0.2, 0) is 0 Å². The highest BCUT2D eigenvalue weighted by atomic mass is 16.5. The Morgan fingerprint density at radius 1 is 1.35 bits per heavy atom. The van der Waals surface area contributed by atoms with Crippen LogP contribution in [-0.4, -0.2) is 21.7 Å². The van der Waals surface area contributed by atoms with Gasteiger partial charge < -0.3 is 9.84 Å². The van der Waals surface area contributed by atoms with Gasteiger partial charge in [-0.15, -0.1) is 0 Å². The van der Waals surface area contributed by atoms with Gasteiger partial charge in [-0.1, -0.05) is 12.1 Å². The molecule has 0 aromatic carbocycles. The first kappa shape index (κ1) is 11.7. The first-order chi connectivity index (χ1) is 8.31. The Hall–Kier alpha value is -1.75. The minimum atomic E-state index is 0.0815. The lowest BCUT2D eigenvalue weighted by molar-refractivity contribution is 0.340. The number of aromatic nitrogens is 3. The summed E-state index contributed by atoms with van der Waals surface area (Å²) in [5, 5.41) is 7.27. The van der Waals surface area contributed by atoms with E-state index in [0.717, 1.165) is 18.5 Å². The molecule has 0 aliphatic heterocycles. The van der Waals surface area contributed by atoms with Crippen molar-refractivity contribution in [2.45, 2.75) is 26.3 Å². The van der Waals surface area contributed by atoms with E-state index in [1.54, 1.807) is 12.4 Å². The Bertz CT molecular complexity index is 455. The zero-order valence-electron chi connectivity index (χ0n) is 10.1. The molecule has 17 heavy (non-hydrogen) atoms. The molecule has 1 N–H and O–H groups in total. The molecule has 0 bridgehead atoms. The number of nitrogens with zero attached hydrogens (tertiary/aromatic N) is 3. The average molecular weight is 232 g/mol. The summed E-state index contributed by atoms with van der Waals surface area (Å²) >= 11 is 0. The molecule has 2 rings (SSSR count). The lowest BCUT2D eigenvalue weighted by Crippen LogP contribution is -2.19. The fourth-order valence-electron chi connectivity index (χ4n) is 1.48. The molecule has 0 saturated carbocycles. The Morgan fingerprint density at radius 2 is 2.12 bits per heavy atom. The molecule has 2 aromatic heterocycles. The van der Waals surface area contributed by atoms with Gasteiger partial charge >= 0.3 is 0 Å². The second-order valence-electron chi connectivity index (χ2n) is 3.87. The van der Waals surface area contributed by atoms with Gasteiger partial charge in [0.1, 0.15) is 0 Å². The highest BCUT2D eigenvalue weighted by molar-refractivity contribution is 5.52. The molecular weight excluding hydrogens is 216 g/mol. The van der Waals surface area contributed by atoms with Crippen molar-refractivity contribution in [3.8, 4) is 11.4 Å². The molecule has 1 unspecified atom stereocenters. The zero-order valence-corrected chi connectivity index (χ0v) is 10.1. The molecule has 0 fully saturated rings. The van der Waals surface area contributed by atoms with Crippen LogP contribution in [0.25, 0.3) is 11.4 Å². The van der Waals surface area contributed by atoms with Gasteiger partial charge in [-0.3, -0.25) is 4.98 Å². The molecule has 5 heteroatoms. The summed E-state index contributed by atoms with van der Waals surface area (Å²) in [6, 6.07) is 3.80. The molecule has 90 valence electrons. The van der Waals surface area contributed by atoms with Crippen molar-refractivity contribution in [1.82, 2.24) is 20.4 Å². The average Bonchev–Trinajstić information content (AvgIpc) is 2.86. The summed E-state index contributed by atoms with van der Waals surface area (Å²) < 4.78 is 5.23. The Labute approximate surface area is 100 Å². The number of hydrogen-bond donors (Lipinski definition) is 1. The molecule has 0 aliphatic carbocycles. The van der Waals surface area contributed by atoms with E-state index < -0.39 is 0 Å². The van der Waals surface area contributed by atoms with E-state index in [4.69, 9.17) is 4.52 Å². The van der Waals surface area contributed by atoms with E-state index in [9.17, 15) is 0 Å². The molecule has 2 aromatic rings. The molecule has 5 nitrogen and oxygen atoms in total. The Balaban J connectivity index is 2.11. The molecule has 1 atom stereocenters. The van der Waals surface area contributed by atoms with Gasteiger partial charge in [-0.2, -0.15) is 4.98 Å². The highest BCUT2D eigenvalue weighted by Crippen LogP contribution is 2.17.